The Morgan fingerprint density at radius 2 is 2.05 bits per heavy atom. The number of thioether (sulfide) groups is 1. The summed E-state index contributed by atoms with van der Waals surface area (Å²) in [5.41, 5.74) is 7.77. The normalized spacial score (nSPS) is 9.80. The monoisotopic (exact) mass is 283 g/mol. The summed E-state index contributed by atoms with van der Waals surface area (Å²) in [7, 11) is 0. The maximum absolute atomic E-state index is 12.3. The van der Waals surface area contributed by atoms with E-state index in [-0.39, 0.29) is 5.91 Å². The van der Waals surface area contributed by atoms with Crippen LogP contribution in [-0.2, 0) is 0 Å². The van der Waals surface area contributed by atoms with E-state index in [1.807, 2.05) is 30.5 Å². The summed E-state index contributed by atoms with van der Waals surface area (Å²) in [6.07, 6.45) is 1.92. The first-order valence-corrected chi connectivity index (χ1v) is 7.12. The molecule has 0 aliphatic carbocycles. The first-order valence-electron chi connectivity index (χ1n) is 5.89. The predicted octanol–water partition coefficient (Wildman–Crippen LogP) is 3.11. The Hall–Kier alpha value is -2.45. The molecule has 0 bridgehead atoms. The number of carbonyl (C=O) groups is 1. The molecule has 3 N–H and O–H groups in total. The van der Waals surface area contributed by atoms with Crippen LogP contribution in [0.5, 0.6) is 0 Å². The van der Waals surface area contributed by atoms with Gasteiger partial charge in [0.25, 0.3) is 5.91 Å². The Labute approximate surface area is 121 Å². The van der Waals surface area contributed by atoms with Crippen LogP contribution in [0.15, 0.2) is 47.4 Å². The molecule has 0 spiro atoms. The molecular formula is C15H13N3OS. The van der Waals surface area contributed by atoms with Gasteiger partial charge in [0.2, 0.25) is 0 Å². The van der Waals surface area contributed by atoms with Crippen LogP contribution >= 0.6 is 11.8 Å². The Balaban J connectivity index is 2.26. The van der Waals surface area contributed by atoms with E-state index in [4.69, 9.17) is 11.0 Å². The molecular weight excluding hydrogens is 270 g/mol. The molecule has 5 heteroatoms. The van der Waals surface area contributed by atoms with Crippen LogP contribution < -0.4 is 11.1 Å². The van der Waals surface area contributed by atoms with Crippen molar-refractivity contribution >= 4 is 29.0 Å². The van der Waals surface area contributed by atoms with Crippen molar-refractivity contribution in [2.24, 2.45) is 0 Å². The Bertz CT molecular complexity index is 692. The molecule has 2 rings (SSSR count). The van der Waals surface area contributed by atoms with Crippen molar-refractivity contribution in [3.63, 3.8) is 0 Å². The largest absolute Gasteiger partial charge is 0.397 e. The Kier molecular flexibility index (Phi) is 4.28. The summed E-state index contributed by atoms with van der Waals surface area (Å²) in [6.45, 7) is 0. The number of carbonyl (C=O) groups excluding carboxylic acids is 1. The standard InChI is InChI=1S/C15H13N3OS/c1-20-14-5-3-2-4-11(14)15(19)18-13-7-6-10(9-16)8-12(13)17/h2-8H,17H2,1H3,(H,18,19). The number of rotatable bonds is 3. The average molecular weight is 283 g/mol. The van der Waals surface area contributed by atoms with Crippen molar-refractivity contribution < 1.29 is 4.79 Å². The van der Waals surface area contributed by atoms with Gasteiger partial charge >= 0.3 is 0 Å². The lowest BCUT2D eigenvalue weighted by Crippen LogP contribution is -2.14. The number of amides is 1. The van der Waals surface area contributed by atoms with Crippen LogP contribution in [0.3, 0.4) is 0 Å². The molecule has 0 saturated heterocycles. The van der Waals surface area contributed by atoms with Gasteiger partial charge in [0, 0.05) is 4.90 Å². The van der Waals surface area contributed by atoms with E-state index in [1.54, 1.807) is 18.2 Å². The Morgan fingerprint density at radius 3 is 2.70 bits per heavy atom. The van der Waals surface area contributed by atoms with Crippen molar-refractivity contribution in [1.82, 2.24) is 0 Å². The Morgan fingerprint density at radius 1 is 1.30 bits per heavy atom. The van der Waals surface area contributed by atoms with Gasteiger partial charge in [-0.1, -0.05) is 12.1 Å². The molecule has 0 heterocycles. The summed E-state index contributed by atoms with van der Waals surface area (Å²) in [5.74, 6) is -0.216. The lowest BCUT2D eigenvalue weighted by molar-refractivity contribution is 0.102. The molecule has 0 fully saturated rings. The SMILES string of the molecule is CSc1ccccc1C(=O)Nc1ccc(C#N)cc1N. The van der Waals surface area contributed by atoms with Crippen molar-refractivity contribution in [1.29, 1.82) is 5.26 Å². The van der Waals surface area contributed by atoms with Gasteiger partial charge in [-0.25, -0.2) is 0 Å². The van der Waals surface area contributed by atoms with Gasteiger partial charge in [0.15, 0.2) is 0 Å². The second kappa shape index (κ2) is 6.13. The minimum Gasteiger partial charge on any atom is -0.397 e. The third-order valence-electron chi connectivity index (χ3n) is 2.78. The van der Waals surface area contributed by atoms with E-state index in [0.717, 1.165) is 4.90 Å². The number of nitriles is 1. The van der Waals surface area contributed by atoms with Crippen LogP contribution in [0.2, 0.25) is 0 Å². The highest BCUT2D eigenvalue weighted by Gasteiger charge is 2.12. The van der Waals surface area contributed by atoms with Crippen molar-refractivity contribution in [2.45, 2.75) is 4.90 Å². The van der Waals surface area contributed by atoms with E-state index in [2.05, 4.69) is 5.32 Å². The van der Waals surface area contributed by atoms with Gasteiger partial charge in [0.1, 0.15) is 0 Å². The van der Waals surface area contributed by atoms with E-state index in [0.29, 0.717) is 22.5 Å². The summed E-state index contributed by atoms with van der Waals surface area (Å²) in [5, 5.41) is 11.6. The van der Waals surface area contributed by atoms with Crippen molar-refractivity contribution in [3.8, 4) is 6.07 Å². The number of benzene rings is 2. The van der Waals surface area contributed by atoms with Crippen molar-refractivity contribution in [3.05, 3.63) is 53.6 Å². The first kappa shape index (κ1) is 14.0. The zero-order valence-electron chi connectivity index (χ0n) is 10.9. The number of nitrogens with two attached hydrogens (primary N) is 1. The number of nitrogens with zero attached hydrogens (tertiary/aromatic N) is 1. The highest BCUT2D eigenvalue weighted by atomic mass is 32.2. The molecule has 100 valence electrons. The van der Waals surface area contributed by atoms with Crippen LogP contribution in [0, 0.1) is 11.3 Å². The molecule has 2 aromatic rings. The maximum atomic E-state index is 12.3. The zero-order valence-corrected chi connectivity index (χ0v) is 11.7. The van der Waals surface area contributed by atoms with Gasteiger partial charge in [0.05, 0.1) is 28.6 Å². The summed E-state index contributed by atoms with van der Waals surface area (Å²) >= 11 is 1.51. The fourth-order valence-electron chi connectivity index (χ4n) is 1.77. The molecule has 0 aromatic heterocycles. The molecule has 0 aliphatic heterocycles. The number of hydrogen-bond donors (Lipinski definition) is 2. The molecule has 2 aromatic carbocycles. The van der Waals surface area contributed by atoms with Crippen LogP contribution in [-0.4, -0.2) is 12.2 Å². The van der Waals surface area contributed by atoms with Gasteiger partial charge in [-0.2, -0.15) is 5.26 Å². The lowest BCUT2D eigenvalue weighted by atomic mass is 10.1. The van der Waals surface area contributed by atoms with Crippen LogP contribution in [0.25, 0.3) is 0 Å². The maximum Gasteiger partial charge on any atom is 0.256 e. The molecule has 0 radical (unpaired) electrons. The number of nitrogens with one attached hydrogen (secondary N) is 1. The fourth-order valence-corrected chi connectivity index (χ4v) is 2.36. The fraction of sp³-hybridized carbons (Fsp3) is 0.0667. The van der Waals surface area contributed by atoms with Gasteiger partial charge < -0.3 is 11.1 Å². The number of nitrogen functional groups attached to an aromatic ring is 1. The molecule has 0 saturated carbocycles. The predicted molar refractivity (Wildman–Crippen MR) is 81.7 cm³/mol. The number of hydrogen-bond acceptors (Lipinski definition) is 4. The van der Waals surface area contributed by atoms with Gasteiger partial charge in [-0.15, -0.1) is 11.8 Å². The molecule has 0 unspecified atom stereocenters. The highest BCUT2D eigenvalue weighted by molar-refractivity contribution is 7.98. The van der Waals surface area contributed by atoms with Gasteiger partial charge in [-0.3, -0.25) is 4.79 Å². The molecule has 0 aliphatic rings. The van der Waals surface area contributed by atoms with Gasteiger partial charge in [-0.05, 0) is 36.6 Å². The molecule has 4 nitrogen and oxygen atoms in total. The minimum atomic E-state index is -0.216. The average Bonchev–Trinajstić information content (AvgIpc) is 2.49. The minimum absolute atomic E-state index is 0.216. The second-order valence-electron chi connectivity index (χ2n) is 4.07. The summed E-state index contributed by atoms with van der Waals surface area (Å²) in [4.78, 5) is 13.2. The zero-order chi connectivity index (χ0) is 14.5. The topological polar surface area (TPSA) is 78.9 Å². The summed E-state index contributed by atoms with van der Waals surface area (Å²) in [6, 6.07) is 14.1. The highest BCUT2D eigenvalue weighted by Crippen LogP contribution is 2.24. The molecule has 20 heavy (non-hydrogen) atoms. The third-order valence-corrected chi connectivity index (χ3v) is 3.58. The van der Waals surface area contributed by atoms with E-state index in [9.17, 15) is 4.79 Å². The quantitative estimate of drug-likeness (QED) is 0.670. The van der Waals surface area contributed by atoms with E-state index < -0.39 is 0 Å². The second-order valence-corrected chi connectivity index (χ2v) is 4.92. The summed E-state index contributed by atoms with van der Waals surface area (Å²) < 4.78 is 0. The van der Waals surface area contributed by atoms with Crippen LogP contribution in [0.4, 0.5) is 11.4 Å². The van der Waals surface area contributed by atoms with E-state index in [1.165, 1.54) is 17.8 Å². The van der Waals surface area contributed by atoms with Crippen LogP contribution in [0.1, 0.15) is 15.9 Å². The lowest BCUT2D eigenvalue weighted by Gasteiger charge is -2.10. The van der Waals surface area contributed by atoms with Crippen molar-refractivity contribution in [2.75, 3.05) is 17.3 Å². The molecule has 0 atom stereocenters. The smallest absolute Gasteiger partial charge is 0.256 e. The third kappa shape index (κ3) is 2.92. The first-order chi connectivity index (χ1) is 9.65. The molecule has 1 amide bonds. The number of anilines is 2. The van der Waals surface area contributed by atoms with E-state index >= 15 is 0 Å².